The van der Waals surface area contributed by atoms with E-state index < -0.39 is 0 Å². The summed E-state index contributed by atoms with van der Waals surface area (Å²) in [5.41, 5.74) is 8.13. The summed E-state index contributed by atoms with van der Waals surface area (Å²) >= 11 is 1.51. The van der Waals surface area contributed by atoms with Crippen molar-refractivity contribution in [3.63, 3.8) is 0 Å². The highest BCUT2D eigenvalue weighted by atomic mass is 32.1. The second-order valence-electron chi connectivity index (χ2n) is 8.94. The average Bonchev–Trinajstić information content (AvgIpc) is 3.40. The molecule has 0 bridgehead atoms. The van der Waals surface area contributed by atoms with Gasteiger partial charge in [-0.05, 0) is 24.0 Å². The summed E-state index contributed by atoms with van der Waals surface area (Å²) in [6.45, 7) is 2.02. The first-order valence-electron chi connectivity index (χ1n) is 10.7. The molecule has 1 aromatic carbocycles. The van der Waals surface area contributed by atoms with Crippen LogP contribution in [0.5, 0.6) is 0 Å². The van der Waals surface area contributed by atoms with Crippen molar-refractivity contribution in [1.29, 1.82) is 5.26 Å². The number of pyridine rings is 1. The largest absolute Gasteiger partial charge is 0.393 e. The van der Waals surface area contributed by atoms with Crippen molar-refractivity contribution >= 4 is 55.8 Å². The van der Waals surface area contributed by atoms with Gasteiger partial charge in [-0.1, -0.05) is 37.6 Å². The van der Waals surface area contributed by atoms with Gasteiger partial charge in [0.2, 0.25) is 11.4 Å². The first-order valence-corrected chi connectivity index (χ1v) is 11.5. The van der Waals surface area contributed by atoms with E-state index in [4.69, 9.17) is 10.7 Å². The van der Waals surface area contributed by atoms with E-state index in [0.29, 0.717) is 17.0 Å². The van der Waals surface area contributed by atoms with E-state index in [-0.39, 0.29) is 23.2 Å². The molecule has 2 saturated heterocycles. The molecule has 6 rings (SSSR count). The van der Waals surface area contributed by atoms with Crippen LogP contribution in [0, 0.1) is 16.6 Å². The molecule has 4 aromatic rings. The maximum Gasteiger partial charge on any atom is 0.267 e. The first-order chi connectivity index (χ1) is 15.1. The molecule has 2 N–H and O–H groups in total. The van der Waals surface area contributed by atoms with Crippen molar-refractivity contribution < 1.29 is 0 Å². The quantitative estimate of drug-likeness (QED) is 0.465. The fourth-order valence-electron chi connectivity index (χ4n) is 5.34. The molecule has 5 heterocycles. The molecule has 2 aliphatic rings. The molecule has 0 unspecified atom stereocenters. The number of fused-ring (bicyclic) bond motifs is 5. The smallest absolute Gasteiger partial charge is 0.267 e. The fraction of sp³-hybridized carbons (Fsp3) is 0.364. The molecule has 0 amide bonds. The summed E-state index contributed by atoms with van der Waals surface area (Å²) in [6.07, 6.45) is 6.88. The molecule has 1 spiro atoms. The van der Waals surface area contributed by atoms with Crippen LogP contribution in [0.1, 0.15) is 19.3 Å². The van der Waals surface area contributed by atoms with E-state index in [2.05, 4.69) is 15.9 Å². The van der Waals surface area contributed by atoms with Crippen LogP contribution in [0.2, 0.25) is 12.6 Å². The Hall–Kier alpha value is -3.12. The number of para-hydroxylation sites is 1. The number of aromatic nitrogens is 3. The predicted molar refractivity (Wildman–Crippen MR) is 126 cm³/mol. The Labute approximate surface area is 183 Å². The Kier molecular flexibility index (Phi) is 4.02. The van der Waals surface area contributed by atoms with Gasteiger partial charge in [-0.3, -0.25) is 9.20 Å². The molecule has 31 heavy (non-hydrogen) atoms. The van der Waals surface area contributed by atoms with Gasteiger partial charge in [-0.2, -0.15) is 4.98 Å². The first kappa shape index (κ1) is 18.6. The van der Waals surface area contributed by atoms with E-state index >= 15 is 0 Å². The lowest BCUT2D eigenvalue weighted by molar-refractivity contribution is 0.288. The van der Waals surface area contributed by atoms with Crippen LogP contribution in [0.3, 0.4) is 0 Å². The van der Waals surface area contributed by atoms with Crippen molar-refractivity contribution in [2.45, 2.75) is 31.9 Å². The number of thiazole rings is 1. The van der Waals surface area contributed by atoms with Crippen LogP contribution in [0.25, 0.3) is 26.1 Å². The van der Waals surface area contributed by atoms with E-state index in [1.165, 1.54) is 11.3 Å². The number of hydrogen-bond acceptors (Lipinski definition) is 7. The van der Waals surface area contributed by atoms with Crippen molar-refractivity contribution in [3.8, 4) is 5.97 Å². The molecule has 2 fully saturated rings. The normalized spacial score (nSPS) is 18.4. The molecule has 0 radical (unpaired) electrons. The van der Waals surface area contributed by atoms with Crippen LogP contribution < -0.4 is 16.1 Å². The lowest BCUT2D eigenvalue weighted by atomic mass is 9.39. The molecule has 7 nitrogen and oxygen atoms in total. The Morgan fingerprint density at radius 1 is 1.23 bits per heavy atom. The van der Waals surface area contributed by atoms with Crippen LogP contribution in [-0.4, -0.2) is 34.2 Å². The standard InChI is InChI=1S/C22H21BN6OS/c24-13-23-8-5-22(6-9-23)7-10-28(12-22)21-26-11-14-18(30)17(25)20-29(19(14)27-21)15-3-1-2-4-16(15)31-20/h1-4,11H,5-10,12,25H2. The van der Waals surface area contributed by atoms with Crippen molar-refractivity contribution in [2.75, 3.05) is 23.7 Å². The maximum absolute atomic E-state index is 12.9. The molecule has 0 saturated carbocycles. The van der Waals surface area contributed by atoms with Crippen molar-refractivity contribution in [2.24, 2.45) is 5.41 Å². The molecule has 3 aromatic heterocycles. The molecule has 0 aliphatic carbocycles. The minimum atomic E-state index is -0.208. The minimum Gasteiger partial charge on any atom is -0.393 e. The van der Waals surface area contributed by atoms with E-state index in [1.54, 1.807) is 6.20 Å². The van der Waals surface area contributed by atoms with Crippen LogP contribution in [-0.2, 0) is 0 Å². The third-order valence-electron chi connectivity index (χ3n) is 7.15. The molecular formula is C22H21BN6OS. The zero-order chi connectivity index (χ0) is 21.2. The highest BCUT2D eigenvalue weighted by Crippen LogP contribution is 2.45. The number of hydrogen-bond donors (Lipinski definition) is 1. The number of nitrogen functional groups attached to an aromatic ring is 1. The number of nitriles is 1. The highest BCUT2D eigenvalue weighted by molar-refractivity contribution is 7.24. The number of rotatable bonds is 1. The fourth-order valence-corrected chi connectivity index (χ4v) is 6.43. The van der Waals surface area contributed by atoms with Gasteiger partial charge in [0.1, 0.15) is 10.5 Å². The lowest BCUT2D eigenvalue weighted by Gasteiger charge is -2.34. The van der Waals surface area contributed by atoms with Gasteiger partial charge in [-0.15, -0.1) is 11.3 Å². The second-order valence-corrected chi connectivity index (χ2v) is 9.97. The summed E-state index contributed by atoms with van der Waals surface area (Å²) in [7, 11) is 0. The summed E-state index contributed by atoms with van der Waals surface area (Å²) < 4.78 is 3.07. The molecular weight excluding hydrogens is 407 g/mol. The van der Waals surface area contributed by atoms with Gasteiger partial charge < -0.3 is 10.6 Å². The Morgan fingerprint density at radius 2 is 2.03 bits per heavy atom. The maximum atomic E-state index is 12.9. The lowest BCUT2D eigenvalue weighted by Crippen LogP contribution is -2.34. The van der Waals surface area contributed by atoms with Gasteiger partial charge in [0.25, 0.3) is 6.71 Å². The second kappa shape index (κ2) is 6.69. The van der Waals surface area contributed by atoms with Gasteiger partial charge in [0.05, 0.1) is 15.6 Å². The number of nitrogens with zero attached hydrogens (tertiary/aromatic N) is 5. The summed E-state index contributed by atoms with van der Waals surface area (Å²) in [6, 6.07) is 8.04. The summed E-state index contributed by atoms with van der Waals surface area (Å²) in [4.78, 5) is 25.3. The van der Waals surface area contributed by atoms with Crippen molar-refractivity contribution in [1.82, 2.24) is 14.4 Å². The average molecular weight is 428 g/mol. The Balaban J connectivity index is 1.46. The predicted octanol–water partition coefficient (Wildman–Crippen LogP) is 3.59. The van der Waals surface area contributed by atoms with Crippen LogP contribution in [0.15, 0.2) is 35.3 Å². The molecule has 9 heteroatoms. The zero-order valence-electron chi connectivity index (χ0n) is 17.0. The zero-order valence-corrected chi connectivity index (χ0v) is 17.9. The van der Waals surface area contributed by atoms with Crippen molar-refractivity contribution in [3.05, 3.63) is 40.7 Å². The number of anilines is 2. The van der Waals surface area contributed by atoms with Gasteiger partial charge in [-0.25, -0.2) is 10.2 Å². The SMILES string of the molecule is N#CB1CCC2(CC1)CCN(c1ncc3c(=O)c(N)c4sc5ccccc5n4c3n1)C2. The molecule has 0 atom stereocenters. The topological polar surface area (TPSA) is 100 Å². The molecule has 2 aliphatic heterocycles. The number of nitrogens with two attached hydrogens (primary N) is 1. The van der Waals surface area contributed by atoms with Gasteiger partial charge >= 0.3 is 0 Å². The van der Waals surface area contributed by atoms with E-state index in [0.717, 1.165) is 60.0 Å². The molecule has 154 valence electrons. The minimum absolute atomic E-state index is 0.203. The summed E-state index contributed by atoms with van der Waals surface area (Å²) in [5.74, 6) is 3.10. The van der Waals surface area contributed by atoms with Crippen LogP contribution >= 0.6 is 11.3 Å². The Bertz CT molecular complexity index is 1450. The summed E-state index contributed by atoms with van der Waals surface area (Å²) in [5, 5.41) is 9.67. The van der Waals surface area contributed by atoms with Gasteiger partial charge in [0.15, 0.2) is 5.65 Å². The van der Waals surface area contributed by atoms with Crippen LogP contribution in [0.4, 0.5) is 11.6 Å². The third kappa shape index (κ3) is 2.74. The van der Waals surface area contributed by atoms with Gasteiger partial charge in [0, 0.05) is 25.3 Å². The van der Waals surface area contributed by atoms with E-state index in [1.807, 2.05) is 28.7 Å². The van der Waals surface area contributed by atoms with E-state index in [9.17, 15) is 10.1 Å². The monoisotopic (exact) mass is 428 g/mol. The highest BCUT2D eigenvalue weighted by Gasteiger charge is 2.42. The number of benzene rings is 1. The Morgan fingerprint density at radius 3 is 2.84 bits per heavy atom. The third-order valence-corrected chi connectivity index (χ3v) is 8.31.